The first-order chi connectivity index (χ1) is 11.9. The Morgan fingerprint density at radius 3 is 2.64 bits per heavy atom. The number of hydrogen-bond donors (Lipinski definition) is 1. The van der Waals surface area contributed by atoms with Crippen LogP contribution in [-0.2, 0) is 16.4 Å². The van der Waals surface area contributed by atoms with E-state index in [-0.39, 0.29) is 17.4 Å². The van der Waals surface area contributed by atoms with Gasteiger partial charge in [-0.2, -0.15) is 0 Å². The van der Waals surface area contributed by atoms with Crippen LogP contribution in [0.4, 0.5) is 0 Å². The summed E-state index contributed by atoms with van der Waals surface area (Å²) in [5.74, 6) is 0.207. The molecule has 0 aliphatic rings. The number of nitrogens with one attached hydrogen (secondary N) is 1. The van der Waals surface area contributed by atoms with Crippen molar-refractivity contribution in [1.29, 1.82) is 0 Å². The van der Waals surface area contributed by atoms with E-state index >= 15 is 0 Å². The van der Waals surface area contributed by atoms with Gasteiger partial charge in [0.05, 0.1) is 12.6 Å². The fraction of sp³-hybridized carbons (Fsp3) is 0.176. The predicted molar refractivity (Wildman–Crippen MR) is 92.5 cm³/mol. The number of fused-ring (bicyclic) bond motifs is 1. The van der Waals surface area contributed by atoms with E-state index in [2.05, 4.69) is 10.3 Å². The highest BCUT2D eigenvalue weighted by atomic mass is 32.2. The third-order valence-electron chi connectivity index (χ3n) is 3.69. The van der Waals surface area contributed by atoms with Gasteiger partial charge in [0.1, 0.15) is 5.75 Å². The molecule has 0 unspecified atom stereocenters. The van der Waals surface area contributed by atoms with Gasteiger partial charge >= 0.3 is 0 Å². The van der Waals surface area contributed by atoms with Gasteiger partial charge in [-0.25, -0.2) is 13.4 Å². The Morgan fingerprint density at radius 1 is 1.20 bits per heavy atom. The van der Waals surface area contributed by atoms with Gasteiger partial charge in [-0.3, -0.25) is 9.20 Å². The zero-order chi connectivity index (χ0) is 18.0. The topological polar surface area (TPSA) is 89.8 Å². The van der Waals surface area contributed by atoms with Crippen LogP contribution >= 0.6 is 0 Å². The molecule has 0 atom stereocenters. The summed E-state index contributed by atoms with van der Waals surface area (Å²) in [5.41, 5.74) is 1.31. The maximum Gasteiger partial charge on any atom is 0.272 e. The van der Waals surface area contributed by atoms with Gasteiger partial charge in [-0.15, -0.1) is 0 Å². The number of carbonyl (C=O) groups excluding carboxylic acids is 1. The van der Waals surface area contributed by atoms with Crippen LogP contribution in [0.2, 0.25) is 0 Å². The zero-order valence-electron chi connectivity index (χ0n) is 13.8. The third-order valence-corrected chi connectivity index (χ3v) is 4.65. The number of imidazole rings is 1. The SMILES string of the molecule is COc1ccccc1CNC(=O)c1nc(S(C)(=O)=O)n2ccccc12. The van der Waals surface area contributed by atoms with Crippen molar-refractivity contribution in [3.05, 3.63) is 59.9 Å². The summed E-state index contributed by atoms with van der Waals surface area (Å²) in [6.07, 6.45) is 2.63. The quantitative estimate of drug-likeness (QED) is 0.748. The Kier molecular flexibility index (Phi) is 4.45. The maximum absolute atomic E-state index is 12.5. The lowest BCUT2D eigenvalue weighted by molar-refractivity contribution is 0.0947. The highest BCUT2D eigenvalue weighted by Gasteiger charge is 2.22. The first-order valence-electron chi connectivity index (χ1n) is 7.49. The Morgan fingerprint density at radius 2 is 1.92 bits per heavy atom. The summed E-state index contributed by atoms with van der Waals surface area (Å²) in [6.45, 7) is 0.239. The van der Waals surface area contributed by atoms with Gasteiger partial charge in [-0.05, 0) is 18.2 Å². The van der Waals surface area contributed by atoms with Gasteiger partial charge in [0, 0.05) is 24.6 Å². The molecule has 25 heavy (non-hydrogen) atoms. The molecule has 8 heteroatoms. The van der Waals surface area contributed by atoms with Crippen molar-refractivity contribution in [1.82, 2.24) is 14.7 Å². The van der Waals surface area contributed by atoms with E-state index in [1.165, 1.54) is 4.40 Å². The molecule has 0 aliphatic heterocycles. The molecule has 0 radical (unpaired) electrons. The molecule has 0 fully saturated rings. The number of para-hydroxylation sites is 1. The first kappa shape index (κ1) is 17.0. The van der Waals surface area contributed by atoms with Crippen molar-refractivity contribution in [3.63, 3.8) is 0 Å². The number of aromatic nitrogens is 2. The summed E-state index contributed by atoms with van der Waals surface area (Å²) in [4.78, 5) is 16.6. The lowest BCUT2D eigenvalue weighted by Crippen LogP contribution is -2.23. The number of carbonyl (C=O) groups is 1. The number of nitrogens with zero attached hydrogens (tertiary/aromatic N) is 2. The highest BCUT2D eigenvalue weighted by molar-refractivity contribution is 7.90. The Hall–Kier alpha value is -2.87. The number of rotatable bonds is 5. The average molecular weight is 359 g/mol. The number of amides is 1. The van der Waals surface area contributed by atoms with Gasteiger partial charge in [0.2, 0.25) is 15.0 Å². The van der Waals surface area contributed by atoms with Crippen molar-refractivity contribution in [2.45, 2.75) is 11.7 Å². The van der Waals surface area contributed by atoms with Gasteiger partial charge in [0.15, 0.2) is 5.69 Å². The van der Waals surface area contributed by atoms with Crippen LogP contribution in [0.25, 0.3) is 5.52 Å². The fourth-order valence-electron chi connectivity index (χ4n) is 2.55. The third kappa shape index (κ3) is 3.34. The summed E-state index contributed by atoms with van der Waals surface area (Å²) in [5, 5.41) is 2.60. The smallest absolute Gasteiger partial charge is 0.272 e. The van der Waals surface area contributed by atoms with E-state index in [9.17, 15) is 13.2 Å². The minimum atomic E-state index is -3.57. The fourth-order valence-corrected chi connectivity index (χ4v) is 3.32. The molecule has 0 saturated heterocycles. The van der Waals surface area contributed by atoms with Crippen LogP contribution < -0.4 is 10.1 Å². The van der Waals surface area contributed by atoms with Gasteiger partial charge in [-0.1, -0.05) is 24.3 Å². The van der Waals surface area contributed by atoms with Crippen molar-refractivity contribution < 1.29 is 17.9 Å². The summed E-state index contributed by atoms with van der Waals surface area (Å²) in [6, 6.07) is 12.4. The minimum absolute atomic E-state index is 0.0657. The molecule has 2 aromatic heterocycles. The molecule has 3 aromatic rings. The molecule has 0 spiro atoms. The van der Waals surface area contributed by atoms with E-state index < -0.39 is 15.7 Å². The molecule has 1 N–H and O–H groups in total. The summed E-state index contributed by atoms with van der Waals surface area (Å²) in [7, 11) is -2.01. The molecular weight excluding hydrogens is 342 g/mol. The molecule has 0 bridgehead atoms. The molecular formula is C17H17N3O4S. The molecule has 1 aromatic carbocycles. The van der Waals surface area contributed by atoms with Crippen LogP contribution in [0, 0.1) is 0 Å². The lowest BCUT2D eigenvalue weighted by atomic mass is 10.2. The molecule has 0 aliphatic carbocycles. The van der Waals surface area contributed by atoms with Crippen molar-refractivity contribution >= 4 is 21.3 Å². The molecule has 130 valence electrons. The Bertz CT molecular complexity index is 1040. The standard InChI is InChI=1S/C17H17N3O4S/c1-24-14-9-4-3-7-12(14)11-18-16(21)15-13-8-5-6-10-20(13)17(19-15)25(2,22)23/h3-10H,11H2,1-2H3,(H,18,21). The lowest BCUT2D eigenvalue weighted by Gasteiger charge is -2.08. The summed E-state index contributed by atoms with van der Waals surface area (Å²) < 4.78 is 30.5. The Labute approximate surface area is 145 Å². The zero-order valence-corrected chi connectivity index (χ0v) is 14.6. The number of ether oxygens (including phenoxy) is 1. The van der Waals surface area contributed by atoms with E-state index in [1.807, 2.05) is 18.2 Å². The van der Waals surface area contributed by atoms with Gasteiger partial charge < -0.3 is 10.1 Å². The largest absolute Gasteiger partial charge is 0.496 e. The molecule has 0 saturated carbocycles. The monoisotopic (exact) mass is 359 g/mol. The van der Waals surface area contributed by atoms with Crippen LogP contribution in [0.1, 0.15) is 16.1 Å². The normalized spacial score (nSPS) is 11.4. The second-order valence-electron chi connectivity index (χ2n) is 5.47. The second-order valence-corrected chi connectivity index (χ2v) is 7.38. The van der Waals surface area contributed by atoms with Crippen molar-refractivity contribution in [2.75, 3.05) is 13.4 Å². The average Bonchev–Trinajstić information content (AvgIpc) is 3.00. The number of hydrogen-bond acceptors (Lipinski definition) is 5. The molecule has 2 heterocycles. The van der Waals surface area contributed by atoms with Crippen molar-refractivity contribution in [3.8, 4) is 5.75 Å². The number of methoxy groups -OCH3 is 1. The second kappa shape index (κ2) is 6.56. The maximum atomic E-state index is 12.5. The van der Waals surface area contributed by atoms with Gasteiger partial charge in [0.25, 0.3) is 5.91 Å². The molecule has 7 nitrogen and oxygen atoms in total. The molecule has 1 amide bonds. The minimum Gasteiger partial charge on any atom is -0.496 e. The first-order valence-corrected chi connectivity index (χ1v) is 9.38. The van der Waals surface area contributed by atoms with E-state index in [4.69, 9.17) is 4.74 Å². The Balaban J connectivity index is 1.93. The number of pyridine rings is 1. The predicted octanol–water partition coefficient (Wildman–Crippen LogP) is 1.68. The van der Waals surface area contributed by atoms with Crippen molar-refractivity contribution in [2.24, 2.45) is 0 Å². The van der Waals surface area contributed by atoms with E-state index in [0.717, 1.165) is 11.8 Å². The number of sulfone groups is 1. The van der Waals surface area contributed by atoms with Crippen LogP contribution in [0.3, 0.4) is 0 Å². The van der Waals surface area contributed by atoms with E-state index in [1.54, 1.807) is 37.6 Å². The highest BCUT2D eigenvalue weighted by Crippen LogP contribution is 2.19. The summed E-state index contributed by atoms with van der Waals surface area (Å²) >= 11 is 0. The van der Waals surface area contributed by atoms with Crippen LogP contribution in [-0.4, -0.2) is 37.1 Å². The molecule has 3 rings (SSSR count). The number of benzene rings is 1. The van der Waals surface area contributed by atoms with Crippen LogP contribution in [0.15, 0.2) is 53.8 Å². The van der Waals surface area contributed by atoms with E-state index in [0.29, 0.717) is 11.3 Å². The van der Waals surface area contributed by atoms with Crippen LogP contribution in [0.5, 0.6) is 5.75 Å².